The molecule has 3 heterocycles. The van der Waals surface area contributed by atoms with Crippen molar-refractivity contribution < 1.29 is 19.1 Å². The molecule has 1 atom stereocenters. The first kappa shape index (κ1) is 24.2. The van der Waals surface area contributed by atoms with Crippen molar-refractivity contribution in [1.82, 2.24) is 9.80 Å². The molecule has 0 N–H and O–H groups in total. The van der Waals surface area contributed by atoms with Gasteiger partial charge in [-0.15, -0.1) is 0 Å². The molecule has 0 radical (unpaired) electrons. The van der Waals surface area contributed by atoms with E-state index in [1.165, 1.54) is 11.8 Å². The normalized spacial score (nSPS) is 19.1. The quantitative estimate of drug-likeness (QED) is 0.494. The Balaban J connectivity index is 1.48. The average molecular weight is 504 g/mol. The van der Waals surface area contributed by atoms with Crippen LogP contribution in [0.3, 0.4) is 0 Å². The zero-order valence-electron chi connectivity index (χ0n) is 20.5. The van der Waals surface area contributed by atoms with Gasteiger partial charge in [-0.3, -0.25) is 4.79 Å². The molecule has 0 aliphatic carbocycles. The number of hydrogen-bond acceptors (Lipinski definition) is 7. The zero-order chi connectivity index (χ0) is 25.1. The second kappa shape index (κ2) is 10.6. The van der Waals surface area contributed by atoms with Crippen molar-refractivity contribution in [3.05, 3.63) is 88.1 Å². The third-order valence-corrected chi connectivity index (χ3v) is 7.52. The molecule has 1 fully saturated rings. The highest BCUT2D eigenvalue weighted by atomic mass is 32.2. The number of methoxy groups -OCH3 is 1. The van der Waals surface area contributed by atoms with Gasteiger partial charge in [0.2, 0.25) is 5.91 Å². The highest BCUT2D eigenvalue weighted by molar-refractivity contribution is 8.16. The number of allylic oxidation sites excluding steroid dienone is 1. The molecule has 36 heavy (non-hydrogen) atoms. The van der Waals surface area contributed by atoms with Crippen LogP contribution in [0.25, 0.3) is 0 Å². The average Bonchev–Trinajstić information content (AvgIpc) is 3.58. The minimum absolute atomic E-state index is 0.101. The van der Waals surface area contributed by atoms with Crippen molar-refractivity contribution in [3.63, 3.8) is 0 Å². The van der Waals surface area contributed by atoms with Gasteiger partial charge in [0.25, 0.3) is 0 Å². The minimum atomic E-state index is -0.483. The van der Waals surface area contributed by atoms with Crippen LogP contribution in [0.1, 0.15) is 43.4 Å². The second-order valence-electron chi connectivity index (χ2n) is 9.00. The van der Waals surface area contributed by atoms with E-state index in [1.807, 2.05) is 76.7 Å². The van der Waals surface area contributed by atoms with Crippen molar-refractivity contribution in [2.75, 3.05) is 20.2 Å². The number of rotatable bonds is 7. The van der Waals surface area contributed by atoms with E-state index in [0.717, 1.165) is 47.9 Å². The first-order valence-corrected chi connectivity index (χ1v) is 13.0. The number of hydrogen-bond donors (Lipinski definition) is 0. The monoisotopic (exact) mass is 503 g/mol. The number of thioether (sulfide) groups is 1. The molecule has 1 amide bonds. The van der Waals surface area contributed by atoms with Gasteiger partial charge in [0.15, 0.2) is 5.17 Å². The standard InChI is InChI=1S/C28H29N3O4S/c1-19-25(27(33)35-17-20-9-4-3-5-10-20)26(21-11-8-12-23(15-21)34-2)31-22(18-36-28(31)29-19)16-24(32)30-13-6-7-14-30/h3-5,8-12,15,18,26H,6-7,13-14,16-17H2,1-2H3. The Labute approximate surface area is 215 Å². The van der Waals surface area contributed by atoms with Gasteiger partial charge in [-0.1, -0.05) is 54.2 Å². The fourth-order valence-corrected chi connectivity index (χ4v) is 5.76. The summed E-state index contributed by atoms with van der Waals surface area (Å²) >= 11 is 1.48. The number of likely N-dealkylation sites (tertiary alicyclic amines) is 1. The van der Waals surface area contributed by atoms with E-state index in [9.17, 15) is 9.59 Å². The van der Waals surface area contributed by atoms with E-state index in [1.54, 1.807) is 7.11 Å². The highest BCUT2D eigenvalue weighted by Crippen LogP contribution is 2.45. The lowest BCUT2D eigenvalue weighted by molar-refractivity contribution is -0.141. The predicted molar refractivity (Wildman–Crippen MR) is 140 cm³/mol. The Hall–Kier alpha value is -3.52. The third kappa shape index (κ3) is 4.91. The molecule has 5 rings (SSSR count). The first-order valence-electron chi connectivity index (χ1n) is 12.1. The van der Waals surface area contributed by atoms with E-state index >= 15 is 0 Å². The summed E-state index contributed by atoms with van der Waals surface area (Å²) in [6.07, 6.45) is 2.35. The SMILES string of the molecule is COc1cccc(C2C(C(=O)OCc3ccccc3)=C(C)N=C3SC=C(CC(=O)N4CCCC4)N32)c1. The largest absolute Gasteiger partial charge is 0.497 e. The zero-order valence-corrected chi connectivity index (χ0v) is 21.3. The van der Waals surface area contributed by atoms with Gasteiger partial charge < -0.3 is 19.3 Å². The predicted octanol–water partition coefficient (Wildman–Crippen LogP) is 5.03. The molecule has 2 aromatic carbocycles. The van der Waals surface area contributed by atoms with Crippen molar-refractivity contribution in [2.45, 2.75) is 38.8 Å². The Morgan fingerprint density at radius 3 is 2.61 bits per heavy atom. The van der Waals surface area contributed by atoms with Crippen molar-refractivity contribution >= 4 is 28.8 Å². The van der Waals surface area contributed by atoms with Gasteiger partial charge in [-0.25, -0.2) is 9.79 Å². The van der Waals surface area contributed by atoms with Gasteiger partial charge in [0.1, 0.15) is 12.4 Å². The van der Waals surface area contributed by atoms with Crippen molar-refractivity contribution in [2.24, 2.45) is 4.99 Å². The van der Waals surface area contributed by atoms with Crippen LogP contribution in [0.5, 0.6) is 5.75 Å². The summed E-state index contributed by atoms with van der Waals surface area (Å²) in [5.41, 5.74) is 3.69. The van der Waals surface area contributed by atoms with Crippen LogP contribution in [0, 0.1) is 0 Å². The molecule has 186 valence electrons. The van der Waals surface area contributed by atoms with Crippen LogP contribution >= 0.6 is 11.8 Å². The molecule has 2 aromatic rings. The minimum Gasteiger partial charge on any atom is -0.497 e. The summed E-state index contributed by atoms with van der Waals surface area (Å²) in [6.45, 7) is 3.61. The van der Waals surface area contributed by atoms with Gasteiger partial charge in [-0.2, -0.15) is 0 Å². The molecule has 7 nitrogen and oxygen atoms in total. The maximum Gasteiger partial charge on any atom is 0.338 e. The summed E-state index contributed by atoms with van der Waals surface area (Å²) in [6, 6.07) is 16.8. The maximum absolute atomic E-state index is 13.5. The van der Waals surface area contributed by atoms with Crippen molar-refractivity contribution in [3.8, 4) is 5.75 Å². The Bertz CT molecular complexity index is 1250. The third-order valence-electron chi connectivity index (χ3n) is 6.63. The number of benzene rings is 2. The Morgan fingerprint density at radius 1 is 1.08 bits per heavy atom. The number of esters is 1. The fourth-order valence-electron chi connectivity index (χ4n) is 4.79. The molecule has 0 saturated carbocycles. The Morgan fingerprint density at radius 2 is 1.86 bits per heavy atom. The fraction of sp³-hybridized carbons (Fsp3) is 0.321. The Kier molecular flexibility index (Phi) is 7.13. The van der Waals surface area contributed by atoms with Gasteiger partial charge >= 0.3 is 5.97 Å². The number of fused-ring (bicyclic) bond motifs is 1. The van der Waals surface area contributed by atoms with E-state index in [4.69, 9.17) is 14.5 Å². The lowest BCUT2D eigenvalue weighted by Gasteiger charge is -2.36. The molecular weight excluding hydrogens is 474 g/mol. The molecule has 1 saturated heterocycles. The number of ether oxygens (including phenoxy) is 2. The first-order chi connectivity index (χ1) is 17.5. The molecule has 1 unspecified atom stereocenters. The summed E-state index contributed by atoms with van der Waals surface area (Å²) in [7, 11) is 1.62. The van der Waals surface area contributed by atoms with Gasteiger partial charge in [0, 0.05) is 18.8 Å². The lowest BCUT2D eigenvalue weighted by atomic mass is 9.93. The van der Waals surface area contributed by atoms with Crippen LogP contribution in [-0.2, 0) is 20.9 Å². The summed E-state index contributed by atoms with van der Waals surface area (Å²) < 4.78 is 11.2. The van der Waals surface area contributed by atoms with E-state index in [2.05, 4.69) is 0 Å². The van der Waals surface area contributed by atoms with Crippen LogP contribution < -0.4 is 4.74 Å². The topological polar surface area (TPSA) is 71.4 Å². The number of amides is 1. The maximum atomic E-state index is 13.5. The van der Waals surface area contributed by atoms with Gasteiger partial charge in [0.05, 0.1) is 30.8 Å². The van der Waals surface area contributed by atoms with Crippen LogP contribution in [-0.4, -0.2) is 47.0 Å². The van der Waals surface area contributed by atoms with E-state index < -0.39 is 12.0 Å². The summed E-state index contributed by atoms with van der Waals surface area (Å²) in [5.74, 6) is 0.371. The number of carbonyl (C=O) groups is 2. The molecule has 0 bridgehead atoms. The second-order valence-corrected chi connectivity index (χ2v) is 9.83. The lowest BCUT2D eigenvalue weighted by Crippen LogP contribution is -2.38. The number of aliphatic imine (C=N–C) groups is 1. The molecular formula is C28H29N3O4S. The highest BCUT2D eigenvalue weighted by Gasteiger charge is 2.41. The number of nitrogens with zero attached hydrogens (tertiary/aromatic N) is 3. The number of amidine groups is 1. The molecule has 0 spiro atoms. The van der Waals surface area contributed by atoms with Crippen LogP contribution in [0.2, 0.25) is 0 Å². The molecule has 3 aliphatic rings. The summed E-state index contributed by atoms with van der Waals surface area (Å²) in [4.78, 5) is 35.3. The van der Waals surface area contributed by atoms with E-state index in [-0.39, 0.29) is 18.9 Å². The summed E-state index contributed by atoms with van der Waals surface area (Å²) in [5, 5.41) is 2.73. The van der Waals surface area contributed by atoms with Crippen LogP contribution in [0.4, 0.5) is 0 Å². The molecule has 3 aliphatic heterocycles. The number of carbonyl (C=O) groups excluding carboxylic acids is 2. The van der Waals surface area contributed by atoms with Crippen LogP contribution in [0.15, 0.2) is 82.0 Å². The molecule has 8 heteroatoms. The van der Waals surface area contributed by atoms with Gasteiger partial charge in [-0.05, 0) is 48.4 Å². The molecule has 0 aromatic heterocycles. The smallest absolute Gasteiger partial charge is 0.338 e. The van der Waals surface area contributed by atoms with Crippen molar-refractivity contribution in [1.29, 1.82) is 0 Å². The van der Waals surface area contributed by atoms with E-state index in [0.29, 0.717) is 17.0 Å².